The number of carboxylic acid groups (broad SMARTS) is 1. The van der Waals surface area contributed by atoms with E-state index in [1.54, 1.807) is 0 Å². The molecule has 0 aliphatic rings. The van der Waals surface area contributed by atoms with E-state index in [4.69, 9.17) is 9.84 Å². The van der Waals surface area contributed by atoms with Crippen LogP contribution in [0.15, 0.2) is 42.5 Å². The fourth-order valence-electron chi connectivity index (χ4n) is 1.99. The van der Waals surface area contributed by atoms with Crippen molar-refractivity contribution in [1.29, 1.82) is 0 Å². The number of aliphatic carboxylic acids is 1. The number of fused-ring (bicyclic) bond motifs is 1. The lowest BCUT2D eigenvalue weighted by Crippen LogP contribution is -2.22. The van der Waals surface area contributed by atoms with Gasteiger partial charge in [-0.05, 0) is 35.9 Å². The molecule has 0 aliphatic heterocycles. The van der Waals surface area contributed by atoms with Gasteiger partial charge in [-0.1, -0.05) is 30.3 Å². The Bertz CT molecular complexity index is 568. The van der Waals surface area contributed by atoms with E-state index < -0.39 is 5.97 Å². The van der Waals surface area contributed by atoms with E-state index in [9.17, 15) is 4.79 Å². The molecule has 20 heavy (non-hydrogen) atoms. The molecule has 4 heteroatoms. The molecule has 2 N–H and O–H groups in total. The molecule has 2 aromatic carbocycles. The summed E-state index contributed by atoms with van der Waals surface area (Å²) in [5.41, 5.74) is 0. The lowest BCUT2D eigenvalue weighted by atomic mass is 10.1. The van der Waals surface area contributed by atoms with E-state index in [-0.39, 0.29) is 6.42 Å². The predicted molar refractivity (Wildman–Crippen MR) is 79.2 cm³/mol. The second-order valence-corrected chi connectivity index (χ2v) is 4.60. The van der Waals surface area contributed by atoms with Crippen LogP contribution in [-0.2, 0) is 4.79 Å². The van der Waals surface area contributed by atoms with Crippen molar-refractivity contribution in [2.75, 3.05) is 19.7 Å². The van der Waals surface area contributed by atoms with Crippen molar-refractivity contribution in [2.24, 2.45) is 0 Å². The van der Waals surface area contributed by atoms with Crippen LogP contribution in [0.5, 0.6) is 5.75 Å². The SMILES string of the molecule is O=C(O)CCCNCCOc1ccc2ccccc2c1. The van der Waals surface area contributed by atoms with Gasteiger partial charge in [0.1, 0.15) is 12.4 Å². The van der Waals surface area contributed by atoms with Gasteiger partial charge in [0, 0.05) is 13.0 Å². The highest BCUT2D eigenvalue weighted by Gasteiger charge is 1.98. The van der Waals surface area contributed by atoms with Gasteiger partial charge in [-0.2, -0.15) is 0 Å². The summed E-state index contributed by atoms with van der Waals surface area (Å²) in [6.45, 7) is 1.99. The standard InChI is InChI=1S/C16H19NO3/c18-16(19)6-3-9-17-10-11-20-15-8-7-13-4-1-2-5-14(13)12-15/h1-2,4-5,7-8,12,17H,3,6,9-11H2,(H,18,19). The lowest BCUT2D eigenvalue weighted by Gasteiger charge is -2.08. The van der Waals surface area contributed by atoms with Gasteiger partial charge in [0.05, 0.1) is 0 Å². The molecule has 0 unspecified atom stereocenters. The van der Waals surface area contributed by atoms with Crippen molar-refractivity contribution >= 4 is 16.7 Å². The minimum atomic E-state index is -0.751. The summed E-state index contributed by atoms with van der Waals surface area (Å²) in [6, 6.07) is 14.2. The lowest BCUT2D eigenvalue weighted by molar-refractivity contribution is -0.137. The summed E-state index contributed by atoms with van der Waals surface area (Å²) in [7, 11) is 0. The van der Waals surface area contributed by atoms with Crippen LogP contribution >= 0.6 is 0 Å². The summed E-state index contributed by atoms with van der Waals surface area (Å²) >= 11 is 0. The maximum Gasteiger partial charge on any atom is 0.303 e. The summed E-state index contributed by atoms with van der Waals surface area (Å²) in [5, 5.41) is 14.0. The fraction of sp³-hybridized carbons (Fsp3) is 0.312. The minimum absolute atomic E-state index is 0.207. The maximum absolute atomic E-state index is 10.3. The summed E-state index contributed by atoms with van der Waals surface area (Å²) < 4.78 is 5.66. The number of ether oxygens (including phenoxy) is 1. The number of carboxylic acids is 1. The molecule has 0 amide bonds. The van der Waals surface area contributed by atoms with Crippen LogP contribution < -0.4 is 10.1 Å². The Labute approximate surface area is 118 Å². The molecule has 0 radical (unpaired) electrons. The Balaban J connectivity index is 1.69. The normalized spacial score (nSPS) is 10.6. The van der Waals surface area contributed by atoms with E-state index in [0.29, 0.717) is 26.1 Å². The summed E-state index contributed by atoms with van der Waals surface area (Å²) in [5.74, 6) is 0.107. The first-order valence-electron chi connectivity index (χ1n) is 6.80. The Morgan fingerprint density at radius 3 is 2.70 bits per heavy atom. The van der Waals surface area contributed by atoms with Gasteiger partial charge >= 0.3 is 5.97 Å². The van der Waals surface area contributed by atoms with E-state index in [0.717, 1.165) is 5.75 Å². The molecule has 0 aromatic heterocycles. The van der Waals surface area contributed by atoms with Crippen molar-refractivity contribution in [3.05, 3.63) is 42.5 Å². The topological polar surface area (TPSA) is 58.6 Å². The number of hydrogen-bond acceptors (Lipinski definition) is 3. The van der Waals surface area contributed by atoms with Crippen LogP contribution in [0.1, 0.15) is 12.8 Å². The van der Waals surface area contributed by atoms with Gasteiger partial charge in [0.25, 0.3) is 0 Å². The molecule has 2 rings (SSSR count). The third-order valence-corrected chi connectivity index (χ3v) is 3.01. The van der Waals surface area contributed by atoms with E-state index >= 15 is 0 Å². The maximum atomic E-state index is 10.3. The zero-order valence-electron chi connectivity index (χ0n) is 11.3. The molecule has 0 bridgehead atoms. The first-order valence-corrected chi connectivity index (χ1v) is 6.80. The highest BCUT2D eigenvalue weighted by Crippen LogP contribution is 2.20. The minimum Gasteiger partial charge on any atom is -0.492 e. The third kappa shape index (κ3) is 4.55. The molecule has 0 heterocycles. The quantitative estimate of drug-likeness (QED) is 0.726. The van der Waals surface area contributed by atoms with Gasteiger partial charge in [0.2, 0.25) is 0 Å². The molecule has 0 spiro atoms. The first kappa shape index (κ1) is 14.3. The van der Waals surface area contributed by atoms with Crippen molar-refractivity contribution in [3.8, 4) is 5.75 Å². The monoisotopic (exact) mass is 273 g/mol. The predicted octanol–water partition coefficient (Wildman–Crippen LogP) is 2.67. The van der Waals surface area contributed by atoms with Crippen LogP contribution in [0.3, 0.4) is 0 Å². The smallest absolute Gasteiger partial charge is 0.303 e. The van der Waals surface area contributed by atoms with Gasteiger partial charge in [-0.15, -0.1) is 0 Å². The number of rotatable bonds is 8. The molecule has 2 aromatic rings. The number of carbonyl (C=O) groups is 1. The van der Waals surface area contributed by atoms with Crippen molar-refractivity contribution in [3.63, 3.8) is 0 Å². The molecular weight excluding hydrogens is 254 g/mol. The van der Waals surface area contributed by atoms with E-state index in [1.807, 2.05) is 30.3 Å². The van der Waals surface area contributed by atoms with Gasteiger partial charge < -0.3 is 15.2 Å². The molecule has 0 fully saturated rings. The molecule has 0 aliphatic carbocycles. The second-order valence-electron chi connectivity index (χ2n) is 4.60. The summed E-state index contributed by atoms with van der Waals surface area (Å²) in [6.07, 6.45) is 0.851. The van der Waals surface area contributed by atoms with Gasteiger partial charge in [-0.25, -0.2) is 0 Å². The Kier molecular flexibility index (Phi) is 5.38. The van der Waals surface area contributed by atoms with Crippen molar-refractivity contribution in [2.45, 2.75) is 12.8 Å². The Hall–Kier alpha value is -2.07. The first-order chi connectivity index (χ1) is 9.75. The highest BCUT2D eigenvalue weighted by molar-refractivity contribution is 5.83. The number of benzene rings is 2. The highest BCUT2D eigenvalue weighted by atomic mass is 16.5. The third-order valence-electron chi connectivity index (χ3n) is 3.01. The van der Waals surface area contributed by atoms with Crippen LogP contribution in [0, 0.1) is 0 Å². The fourth-order valence-corrected chi connectivity index (χ4v) is 1.99. The molecule has 106 valence electrons. The molecule has 0 saturated heterocycles. The van der Waals surface area contributed by atoms with E-state index in [2.05, 4.69) is 17.4 Å². The molecule has 0 saturated carbocycles. The van der Waals surface area contributed by atoms with Crippen molar-refractivity contribution < 1.29 is 14.6 Å². The summed E-state index contributed by atoms with van der Waals surface area (Å²) in [4.78, 5) is 10.3. The average Bonchev–Trinajstić information content (AvgIpc) is 2.46. The Morgan fingerprint density at radius 1 is 1.10 bits per heavy atom. The largest absolute Gasteiger partial charge is 0.492 e. The molecule has 0 atom stereocenters. The Morgan fingerprint density at radius 2 is 1.90 bits per heavy atom. The molecule has 4 nitrogen and oxygen atoms in total. The van der Waals surface area contributed by atoms with Crippen LogP contribution in [0.2, 0.25) is 0 Å². The zero-order valence-corrected chi connectivity index (χ0v) is 11.3. The van der Waals surface area contributed by atoms with Crippen LogP contribution in [0.4, 0.5) is 0 Å². The van der Waals surface area contributed by atoms with Gasteiger partial charge in [0.15, 0.2) is 0 Å². The van der Waals surface area contributed by atoms with Crippen LogP contribution in [0.25, 0.3) is 10.8 Å². The average molecular weight is 273 g/mol. The number of nitrogens with one attached hydrogen (secondary N) is 1. The second kappa shape index (κ2) is 7.50. The van der Waals surface area contributed by atoms with Crippen LogP contribution in [-0.4, -0.2) is 30.8 Å². The van der Waals surface area contributed by atoms with Gasteiger partial charge in [-0.3, -0.25) is 4.79 Å². The molecular formula is C16H19NO3. The number of hydrogen-bond donors (Lipinski definition) is 2. The van der Waals surface area contributed by atoms with Crippen molar-refractivity contribution in [1.82, 2.24) is 5.32 Å². The zero-order chi connectivity index (χ0) is 14.2. The van der Waals surface area contributed by atoms with E-state index in [1.165, 1.54) is 10.8 Å².